The summed E-state index contributed by atoms with van der Waals surface area (Å²) in [5.74, 6) is 1.69. The monoisotopic (exact) mass is 287 g/mol. The van der Waals surface area contributed by atoms with Gasteiger partial charge in [-0.05, 0) is 43.3 Å². The van der Waals surface area contributed by atoms with Crippen LogP contribution in [0.5, 0.6) is 0 Å². The van der Waals surface area contributed by atoms with Crippen molar-refractivity contribution in [1.82, 2.24) is 15.2 Å². The van der Waals surface area contributed by atoms with E-state index in [-0.39, 0.29) is 0 Å². The number of furan rings is 1. The molecular weight excluding hydrogens is 262 g/mol. The molecule has 0 fully saturated rings. The molecule has 0 atom stereocenters. The zero-order chi connectivity index (χ0) is 15.1. The number of pyridine rings is 1. The molecule has 0 spiro atoms. The van der Waals surface area contributed by atoms with E-state index in [1.165, 1.54) is 11.1 Å². The van der Waals surface area contributed by atoms with Gasteiger partial charge in [-0.25, -0.2) is 0 Å². The van der Waals surface area contributed by atoms with E-state index in [9.17, 15) is 0 Å². The van der Waals surface area contributed by atoms with Crippen LogP contribution < -0.4 is 5.32 Å². The fraction of sp³-hybridized carbons (Fsp3) is 0.471. The van der Waals surface area contributed by atoms with Gasteiger partial charge in [-0.3, -0.25) is 9.88 Å². The van der Waals surface area contributed by atoms with Crippen molar-refractivity contribution >= 4 is 0 Å². The molecule has 0 aliphatic heterocycles. The van der Waals surface area contributed by atoms with E-state index in [0.717, 1.165) is 31.9 Å². The van der Waals surface area contributed by atoms with Crippen LogP contribution in [0.2, 0.25) is 0 Å². The van der Waals surface area contributed by atoms with Gasteiger partial charge in [0.25, 0.3) is 0 Å². The lowest BCUT2D eigenvalue weighted by atomic mass is 10.2. The molecule has 2 aromatic heterocycles. The maximum atomic E-state index is 5.60. The first-order valence-corrected chi connectivity index (χ1v) is 7.48. The van der Waals surface area contributed by atoms with Gasteiger partial charge in [-0.15, -0.1) is 0 Å². The predicted molar refractivity (Wildman–Crippen MR) is 84.7 cm³/mol. The topological polar surface area (TPSA) is 41.3 Å². The van der Waals surface area contributed by atoms with Gasteiger partial charge in [0, 0.05) is 31.0 Å². The van der Waals surface area contributed by atoms with Crippen molar-refractivity contribution in [2.45, 2.75) is 33.5 Å². The van der Waals surface area contributed by atoms with E-state index in [2.05, 4.69) is 54.3 Å². The van der Waals surface area contributed by atoms with Gasteiger partial charge in [-0.1, -0.05) is 13.8 Å². The molecule has 2 rings (SSSR count). The Kier molecular flexibility index (Phi) is 5.96. The summed E-state index contributed by atoms with van der Waals surface area (Å²) < 4.78 is 5.60. The lowest BCUT2D eigenvalue weighted by Gasteiger charge is -2.16. The average Bonchev–Trinajstić information content (AvgIpc) is 2.87. The van der Waals surface area contributed by atoms with Gasteiger partial charge >= 0.3 is 0 Å². The van der Waals surface area contributed by atoms with Crippen molar-refractivity contribution in [3.8, 4) is 0 Å². The molecular formula is C17H25N3O. The Hall–Kier alpha value is -1.65. The van der Waals surface area contributed by atoms with E-state index < -0.39 is 0 Å². The highest BCUT2D eigenvalue weighted by atomic mass is 16.3. The standard InChI is InChI=1S/C17H25N3O/c1-14(2)10-19-11-17-16(6-9-21-17)13-20(3)12-15-4-7-18-8-5-15/h4-9,14,19H,10-13H2,1-3H3. The van der Waals surface area contributed by atoms with Crippen LogP contribution in [0.3, 0.4) is 0 Å². The lowest BCUT2D eigenvalue weighted by Crippen LogP contribution is -2.21. The minimum Gasteiger partial charge on any atom is -0.468 e. The first-order chi connectivity index (χ1) is 10.1. The summed E-state index contributed by atoms with van der Waals surface area (Å²) in [6.45, 7) is 8.01. The fourth-order valence-electron chi connectivity index (χ4n) is 2.28. The lowest BCUT2D eigenvalue weighted by molar-refractivity contribution is 0.314. The first kappa shape index (κ1) is 15.7. The maximum Gasteiger partial charge on any atom is 0.122 e. The normalized spacial score (nSPS) is 11.5. The highest BCUT2D eigenvalue weighted by Gasteiger charge is 2.09. The maximum absolute atomic E-state index is 5.60. The number of hydrogen-bond donors (Lipinski definition) is 1. The molecule has 1 N–H and O–H groups in total. The van der Waals surface area contributed by atoms with Crippen LogP contribution in [0.1, 0.15) is 30.7 Å². The molecule has 4 heteroatoms. The van der Waals surface area contributed by atoms with Crippen molar-refractivity contribution in [3.05, 3.63) is 53.7 Å². The van der Waals surface area contributed by atoms with Crippen LogP contribution >= 0.6 is 0 Å². The van der Waals surface area contributed by atoms with Gasteiger partial charge in [0.15, 0.2) is 0 Å². The van der Waals surface area contributed by atoms with Gasteiger partial charge < -0.3 is 9.73 Å². The molecule has 2 heterocycles. The summed E-state index contributed by atoms with van der Waals surface area (Å²) in [5, 5.41) is 3.43. The van der Waals surface area contributed by atoms with Gasteiger partial charge in [-0.2, -0.15) is 0 Å². The van der Waals surface area contributed by atoms with Gasteiger partial charge in [0.1, 0.15) is 5.76 Å². The molecule has 114 valence electrons. The molecule has 0 unspecified atom stereocenters. The Bertz CT molecular complexity index is 522. The fourth-order valence-corrected chi connectivity index (χ4v) is 2.28. The second-order valence-electron chi connectivity index (χ2n) is 5.92. The molecule has 0 aromatic carbocycles. The summed E-state index contributed by atoms with van der Waals surface area (Å²) in [5.41, 5.74) is 2.53. The second kappa shape index (κ2) is 7.96. The van der Waals surface area contributed by atoms with Crippen LogP contribution in [-0.4, -0.2) is 23.5 Å². The molecule has 0 aliphatic carbocycles. The highest BCUT2D eigenvalue weighted by Crippen LogP contribution is 2.14. The Morgan fingerprint density at radius 1 is 1.19 bits per heavy atom. The quantitative estimate of drug-likeness (QED) is 0.810. The van der Waals surface area contributed by atoms with E-state index in [4.69, 9.17) is 4.42 Å². The Balaban J connectivity index is 1.86. The minimum atomic E-state index is 0.651. The van der Waals surface area contributed by atoms with Gasteiger partial charge in [0.2, 0.25) is 0 Å². The first-order valence-electron chi connectivity index (χ1n) is 7.48. The van der Waals surface area contributed by atoms with Crippen LogP contribution in [-0.2, 0) is 19.6 Å². The number of nitrogens with one attached hydrogen (secondary N) is 1. The molecule has 0 radical (unpaired) electrons. The van der Waals surface area contributed by atoms with Crippen molar-refractivity contribution in [2.24, 2.45) is 5.92 Å². The Morgan fingerprint density at radius 3 is 2.67 bits per heavy atom. The SMILES string of the molecule is CC(C)CNCc1occc1CN(C)Cc1ccncc1. The third-order valence-corrected chi connectivity index (χ3v) is 3.32. The Labute approximate surface area is 127 Å². The van der Waals surface area contributed by atoms with Crippen molar-refractivity contribution < 1.29 is 4.42 Å². The van der Waals surface area contributed by atoms with Crippen molar-refractivity contribution in [2.75, 3.05) is 13.6 Å². The molecule has 21 heavy (non-hydrogen) atoms. The zero-order valence-electron chi connectivity index (χ0n) is 13.2. The van der Waals surface area contributed by atoms with Crippen molar-refractivity contribution in [3.63, 3.8) is 0 Å². The average molecular weight is 287 g/mol. The summed E-state index contributed by atoms with van der Waals surface area (Å²) >= 11 is 0. The molecule has 2 aromatic rings. The smallest absolute Gasteiger partial charge is 0.122 e. The summed E-state index contributed by atoms with van der Waals surface area (Å²) in [4.78, 5) is 6.33. The largest absolute Gasteiger partial charge is 0.468 e. The highest BCUT2D eigenvalue weighted by molar-refractivity contribution is 5.17. The van der Waals surface area contributed by atoms with E-state index in [1.807, 2.05) is 12.4 Å². The molecule has 0 aliphatic rings. The molecule has 4 nitrogen and oxygen atoms in total. The van der Waals surface area contributed by atoms with E-state index in [0.29, 0.717) is 5.92 Å². The Morgan fingerprint density at radius 2 is 1.95 bits per heavy atom. The third-order valence-electron chi connectivity index (χ3n) is 3.32. The minimum absolute atomic E-state index is 0.651. The van der Waals surface area contributed by atoms with E-state index in [1.54, 1.807) is 6.26 Å². The number of nitrogens with zero attached hydrogens (tertiary/aromatic N) is 2. The third kappa shape index (κ3) is 5.33. The van der Waals surface area contributed by atoms with Crippen LogP contribution in [0.25, 0.3) is 0 Å². The van der Waals surface area contributed by atoms with E-state index >= 15 is 0 Å². The molecule has 0 amide bonds. The van der Waals surface area contributed by atoms with Crippen molar-refractivity contribution in [1.29, 1.82) is 0 Å². The summed E-state index contributed by atoms with van der Waals surface area (Å²) in [6, 6.07) is 6.17. The number of hydrogen-bond acceptors (Lipinski definition) is 4. The predicted octanol–water partition coefficient (Wildman–Crippen LogP) is 3.05. The number of aromatic nitrogens is 1. The summed E-state index contributed by atoms with van der Waals surface area (Å²) in [7, 11) is 2.12. The van der Waals surface area contributed by atoms with Crippen LogP contribution in [0, 0.1) is 5.92 Å². The van der Waals surface area contributed by atoms with Crippen LogP contribution in [0.15, 0.2) is 41.3 Å². The van der Waals surface area contributed by atoms with Gasteiger partial charge in [0.05, 0.1) is 12.8 Å². The molecule has 0 bridgehead atoms. The second-order valence-corrected chi connectivity index (χ2v) is 5.92. The molecule has 0 saturated heterocycles. The number of rotatable bonds is 8. The summed E-state index contributed by atoms with van der Waals surface area (Å²) in [6.07, 6.45) is 5.45. The zero-order valence-corrected chi connectivity index (χ0v) is 13.2. The molecule has 0 saturated carbocycles. The van der Waals surface area contributed by atoms with Crippen LogP contribution in [0.4, 0.5) is 0 Å².